The molecule has 0 saturated heterocycles. The van der Waals surface area contributed by atoms with Crippen molar-refractivity contribution < 1.29 is 19.0 Å². The van der Waals surface area contributed by atoms with Gasteiger partial charge in [-0.1, -0.05) is 42.5 Å². The molecule has 0 radical (unpaired) electrons. The highest BCUT2D eigenvalue weighted by Crippen LogP contribution is 2.43. The van der Waals surface area contributed by atoms with Crippen LogP contribution in [-0.2, 0) is 9.47 Å². The number of benzene rings is 3. The van der Waals surface area contributed by atoms with E-state index in [1.54, 1.807) is 19.2 Å². The second-order valence-electron chi connectivity index (χ2n) is 8.81. The molecule has 1 unspecified atom stereocenters. The fourth-order valence-corrected chi connectivity index (χ4v) is 4.30. The summed E-state index contributed by atoms with van der Waals surface area (Å²) in [5.74, 6) is 1.08. The summed E-state index contributed by atoms with van der Waals surface area (Å²) in [6, 6.07) is 25.1. The molecule has 1 heterocycles. The van der Waals surface area contributed by atoms with Gasteiger partial charge in [-0.15, -0.1) is 0 Å². The number of nitrogens with one attached hydrogen (secondary N) is 2. The van der Waals surface area contributed by atoms with Crippen molar-refractivity contribution in [2.45, 2.75) is 18.9 Å². The third-order valence-corrected chi connectivity index (χ3v) is 6.27. The molecule has 3 aromatic carbocycles. The summed E-state index contributed by atoms with van der Waals surface area (Å²) >= 11 is 0. The Bertz CT molecular complexity index is 1390. The SMILES string of the molecule is COCCOc1ccc2c(C#N)c(-c3ccc(NC(=O)OC(c4ccccc4)C4CC4)cc3)[nH]c2c1. The van der Waals surface area contributed by atoms with E-state index in [1.165, 1.54) is 0 Å². The minimum atomic E-state index is -0.479. The summed E-state index contributed by atoms with van der Waals surface area (Å²) < 4.78 is 16.5. The van der Waals surface area contributed by atoms with E-state index in [2.05, 4.69) is 16.4 Å². The number of nitriles is 1. The van der Waals surface area contributed by atoms with Crippen LogP contribution in [0.1, 0.15) is 30.1 Å². The number of amides is 1. The van der Waals surface area contributed by atoms with Crippen molar-refractivity contribution in [2.75, 3.05) is 25.6 Å². The standard InChI is InChI=1S/C29H27N3O4/c1-34-15-16-35-23-13-14-24-25(18-30)27(32-26(24)17-23)19-9-11-22(12-10-19)31-29(33)36-28(21-7-8-21)20-5-3-2-4-6-20/h2-6,9-14,17,21,28,32H,7-8,15-16H2,1H3,(H,31,33). The van der Waals surface area contributed by atoms with E-state index < -0.39 is 6.09 Å². The maximum Gasteiger partial charge on any atom is 0.412 e. The van der Waals surface area contributed by atoms with Crippen LogP contribution < -0.4 is 10.1 Å². The zero-order valence-corrected chi connectivity index (χ0v) is 20.0. The average molecular weight is 482 g/mol. The van der Waals surface area contributed by atoms with Crippen molar-refractivity contribution in [1.82, 2.24) is 4.98 Å². The summed E-state index contributed by atoms with van der Waals surface area (Å²) in [7, 11) is 1.63. The fraction of sp³-hybridized carbons (Fsp3) is 0.241. The fourth-order valence-electron chi connectivity index (χ4n) is 4.30. The van der Waals surface area contributed by atoms with E-state index in [9.17, 15) is 10.1 Å². The van der Waals surface area contributed by atoms with Crippen LogP contribution in [0.4, 0.5) is 10.5 Å². The topological polar surface area (TPSA) is 96.4 Å². The molecule has 1 aliphatic carbocycles. The number of anilines is 1. The molecule has 182 valence electrons. The van der Waals surface area contributed by atoms with Crippen LogP contribution in [-0.4, -0.2) is 31.4 Å². The summed E-state index contributed by atoms with van der Waals surface area (Å²) in [6.45, 7) is 0.948. The number of hydrogen-bond acceptors (Lipinski definition) is 5. The number of aromatic amines is 1. The lowest BCUT2D eigenvalue weighted by molar-refractivity contribution is 0.0975. The molecule has 7 heteroatoms. The molecule has 0 bridgehead atoms. The molecule has 1 amide bonds. The molecule has 1 fully saturated rings. The summed E-state index contributed by atoms with van der Waals surface area (Å²) in [5, 5.41) is 13.5. The van der Waals surface area contributed by atoms with Crippen molar-refractivity contribution in [2.24, 2.45) is 5.92 Å². The molecular formula is C29H27N3O4. The van der Waals surface area contributed by atoms with E-state index in [-0.39, 0.29) is 6.10 Å². The highest BCUT2D eigenvalue weighted by molar-refractivity contribution is 5.94. The lowest BCUT2D eigenvalue weighted by Crippen LogP contribution is -2.18. The van der Waals surface area contributed by atoms with Gasteiger partial charge in [-0.3, -0.25) is 5.32 Å². The van der Waals surface area contributed by atoms with Gasteiger partial charge in [-0.25, -0.2) is 4.79 Å². The van der Waals surface area contributed by atoms with Crippen LogP contribution in [0.2, 0.25) is 0 Å². The highest BCUT2D eigenvalue weighted by atomic mass is 16.6. The lowest BCUT2D eigenvalue weighted by atomic mass is 10.1. The van der Waals surface area contributed by atoms with Crippen molar-refractivity contribution in [3.05, 3.63) is 83.9 Å². The van der Waals surface area contributed by atoms with Gasteiger partial charge in [0.15, 0.2) is 0 Å². The Hall–Kier alpha value is -4.28. The second-order valence-corrected chi connectivity index (χ2v) is 8.81. The third kappa shape index (κ3) is 5.19. The normalized spacial score (nSPS) is 13.7. The number of hydrogen-bond donors (Lipinski definition) is 2. The van der Waals surface area contributed by atoms with E-state index in [0.717, 1.165) is 34.9 Å². The van der Waals surface area contributed by atoms with E-state index in [1.807, 2.05) is 60.7 Å². The Morgan fingerprint density at radius 1 is 1.08 bits per heavy atom. The van der Waals surface area contributed by atoms with Gasteiger partial charge in [0.05, 0.1) is 23.4 Å². The summed E-state index contributed by atoms with van der Waals surface area (Å²) in [5.41, 5.74) is 4.56. The highest BCUT2D eigenvalue weighted by Gasteiger charge is 2.35. The number of ether oxygens (including phenoxy) is 3. The molecule has 1 aliphatic rings. The predicted octanol–water partition coefficient (Wildman–Crippen LogP) is 6.43. The Labute approximate surface area is 209 Å². The van der Waals surface area contributed by atoms with E-state index in [4.69, 9.17) is 14.2 Å². The molecule has 4 aromatic rings. The van der Waals surface area contributed by atoms with Crippen LogP contribution >= 0.6 is 0 Å². The van der Waals surface area contributed by atoms with E-state index >= 15 is 0 Å². The molecule has 7 nitrogen and oxygen atoms in total. The first kappa shape index (κ1) is 23.5. The van der Waals surface area contributed by atoms with Crippen molar-refractivity contribution in [3.63, 3.8) is 0 Å². The Kier molecular flexibility index (Phi) is 6.87. The van der Waals surface area contributed by atoms with Crippen LogP contribution in [0.5, 0.6) is 5.75 Å². The van der Waals surface area contributed by atoms with Crippen LogP contribution in [0.3, 0.4) is 0 Å². The predicted molar refractivity (Wildman–Crippen MR) is 138 cm³/mol. The van der Waals surface area contributed by atoms with Crippen LogP contribution in [0.25, 0.3) is 22.2 Å². The lowest BCUT2D eigenvalue weighted by Gasteiger charge is -2.18. The smallest absolute Gasteiger partial charge is 0.412 e. The molecule has 1 saturated carbocycles. The minimum Gasteiger partial charge on any atom is -0.491 e. The van der Waals surface area contributed by atoms with E-state index in [0.29, 0.717) is 41.8 Å². The van der Waals surface area contributed by atoms with Gasteiger partial charge < -0.3 is 19.2 Å². The quantitative estimate of drug-likeness (QED) is 0.269. The van der Waals surface area contributed by atoms with Gasteiger partial charge in [-0.05, 0) is 48.2 Å². The van der Waals surface area contributed by atoms with Gasteiger partial charge >= 0.3 is 6.09 Å². The van der Waals surface area contributed by atoms with Gasteiger partial charge in [0, 0.05) is 30.2 Å². The zero-order chi connectivity index (χ0) is 24.9. The van der Waals surface area contributed by atoms with Gasteiger partial charge in [0.2, 0.25) is 0 Å². The maximum atomic E-state index is 12.6. The molecule has 36 heavy (non-hydrogen) atoms. The number of carbonyl (C=O) groups is 1. The zero-order valence-electron chi connectivity index (χ0n) is 20.0. The monoisotopic (exact) mass is 481 g/mol. The number of rotatable bonds is 9. The Morgan fingerprint density at radius 2 is 1.86 bits per heavy atom. The molecule has 0 aliphatic heterocycles. The first-order valence-corrected chi connectivity index (χ1v) is 12.0. The molecule has 1 atom stereocenters. The van der Waals surface area contributed by atoms with Gasteiger partial charge in [0.25, 0.3) is 0 Å². The number of aromatic nitrogens is 1. The summed E-state index contributed by atoms with van der Waals surface area (Å²) in [4.78, 5) is 16.0. The number of nitrogens with zero attached hydrogens (tertiary/aromatic N) is 1. The first-order chi connectivity index (χ1) is 17.7. The average Bonchev–Trinajstić information content (AvgIpc) is 3.68. The number of carbonyl (C=O) groups excluding carboxylic acids is 1. The third-order valence-electron chi connectivity index (χ3n) is 6.27. The summed E-state index contributed by atoms with van der Waals surface area (Å²) in [6.07, 6.45) is 1.41. The van der Waals surface area contributed by atoms with Crippen molar-refractivity contribution in [1.29, 1.82) is 5.26 Å². The molecule has 5 rings (SSSR count). The Morgan fingerprint density at radius 3 is 2.56 bits per heavy atom. The second kappa shape index (κ2) is 10.5. The largest absolute Gasteiger partial charge is 0.491 e. The molecule has 1 aromatic heterocycles. The van der Waals surface area contributed by atoms with Gasteiger partial charge in [0.1, 0.15) is 24.5 Å². The Balaban J connectivity index is 1.30. The number of H-pyrrole nitrogens is 1. The van der Waals surface area contributed by atoms with Crippen LogP contribution in [0, 0.1) is 17.2 Å². The van der Waals surface area contributed by atoms with Crippen LogP contribution in [0.15, 0.2) is 72.8 Å². The van der Waals surface area contributed by atoms with Crippen molar-refractivity contribution in [3.8, 4) is 23.1 Å². The maximum absolute atomic E-state index is 12.6. The minimum absolute atomic E-state index is 0.238. The first-order valence-electron chi connectivity index (χ1n) is 12.0. The van der Waals surface area contributed by atoms with Crippen molar-refractivity contribution >= 4 is 22.7 Å². The van der Waals surface area contributed by atoms with Gasteiger partial charge in [-0.2, -0.15) is 5.26 Å². The molecule has 0 spiro atoms. The molecule has 2 N–H and O–H groups in total. The molecular weight excluding hydrogens is 454 g/mol. The number of methoxy groups -OCH3 is 1. The number of fused-ring (bicyclic) bond motifs is 1.